The summed E-state index contributed by atoms with van der Waals surface area (Å²) in [5.74, 6) is -0.220. The highest BCUT2D eigenvalue weighted by molar-refractivity contribution is 6.21. The van der Waals surface area contributed by atoms with Crippen LogP contribution in [0.5, 0.6) is 5.75 Å². The van der Waals surface area contributed by atoms with Gasteiger partial charge >= 0.3 is 0 Å². The first kappa shape index (κ1) is 47.9. The lowest BCUT2D eigenvalue weighted by Crippen LogP contribution is -2.39. The highest BCUT2D eigenvalue weighted by atomic mass is 19.1. The molecule has 1 atom stereocenters. The van der Waals surface area contributed by atoms with E-state index in [-0.39, 0.29) is 41.7 Å². The Morgan fingerprint density at radius 3 is 2.23 bits per heavy atom. The van der Waals surface area contributed by atoms with Crippen LogP contribution in [0.2, 0.25) is 0 Å². The number of morpholine rings is 1. The van der Waals surface area contributed by atoms with Gasteiger partial charge in [0, 0.05) is 79.8 Å². The van der Waals surface area contributed by atoms with Gasteiger partial charge in [-0.25, -0.2) is 4.39 Å². The Morgan fingerprint density at radius 1 is 0.875 bits per heavy atom. The summed E-state index contributed by atoms with van der Waals surface area (Å²) in [7, 11) is 0. The molecule has 1 aromatic heterocycles. The smallest absolute Gasteiger partial charge is 0.257 e. The minimum Gasteiger partial charge on any atom is -0.494 e. The van der Waals surface area contributed by atoms with Crippen LogP contribution in [0.15, 0.2) is 109 Å². The van der Waals surface area contributed by atoms with Gasteiger partial charge in [0.25, 0.3) is 11.8 Å². The maximum Gasteiger partial charge on any atom is 0.257 e. The summed E-state index contributed by atoms with van der Waals surface area (Å²) in [4.78, 5) is 51.0. The fourth-order valence-corrected chi connectivity index (χ4v) is 8.58. The van der Waals surface area contributed by atoms with Crippen LogP contribution >= 0.6 is 0 Å². The standard InChI is InChI=1S/C53H68FN5O5/c1-4-5-6-7-8-9-10-11-12-13-14-15-16-17-18-19-20-22-48(60)58-31-29-43(38-58)55-51(61)46-39-59(40-53(2,3)49-45-28-25-42(54)37-47(45)56-50(46)49)52(62)41-23-26-44(27-24-41)64-34-21-30-57-32-35-63-36-33-57/h5-6,8-9,11-12,14-15,17-18,23-28,37,39,43,56H,4,7,10,13,16,19-22,29-36,38,40H2,1-3H3,(H,55,61)/t43-/m1/s1. The number of amides is 3. The quantitative estimate of drug-likeness (QED) is 0.0816. The number of benzene rings is 2. The largest absolute Gasteiger partial charge is 0.494 e. The van der Waals surface area contributed by atoms with Crippen molar-refractivity contribution in [2.24, 2.45) is 0 Å². The number of H-pyrrole nitrogens is 1. The molecule has 11 heteroatoms. The van der Waals surface area contributed by atoms with E-state index in [0.29, 0.717) is 55.1 Å². The fraction of sp³-hybridized carbons (Fsp3) is 0.453. The van der Waals surface area contributed by atoms with Crippen molar-refractivity contribution >= 4 is 34.2 Å². The number of nitrogens with zero attached hydrogens (tertiary/aromatic N) is 3. The molecule has 64 heavy (non-hydrogen) atoms. The zero-order chi connectivity index (χ0) is 45.2. The monoisotopic (exact) mass is 874 g/mol. The predicted molar refractivity (Wildman–Crippen MR) is 256 cm³/mol. The predicted octanol–water partition coefficient (Wildman–Crippen LogP) is 9.82. The summed E-state index contributed by atoms with van der Waals surface area (Å²) in [6.45, 7) is 12.4. The number of aromatic amines is 1. The Labute approximate surface area is 379 Å². The Balaban J connectivity index is 1.01. The molecule has 3 aromatic rings. The Morgan fingerprint density at radius 2 is 1.55 bits per heavy atom. The topological polar surface area (TPSA) is 107 Å². The highest BCUT2D eigenvalue weighted by Gasteiger charge is 2.38. The molecule has 4 heterocycles. The molecule has 6 rings (SSSR count). The van der Waals surface area contributed by atoms with E-state index in [4.69, 9.17) is 9.47 Å². The van der Waals surface area contributed by atoms with Crippen LogP contribution in [-0.2, 0) is 19.7 Å². The van der Waals surface area contributed by atoms with Crippen LogP contribution in [-0.4, -0.2) is 103 Å². The SMILES string of the molecule is CCC=CCC=CCC=CCC=CCC=CCCCC(=O)N1CC[C@@H](NC(=O)C2=CN(C(=O)c3ccc(OCCCN4CCOCC4)cc3)CC(C)(C)c3c2[nH]c2cc(F)ccc32)C1. The molecular weight excluding hydrogens is 806 g/mol. The second kappa shape index (κ2) is 24.5. The van der Waals surface area contributed by atoms with Gasteiger partial charge in [0.2, 0.25) is 5.91 Å². The minimum atomic E-state index is -0.619. The normalized spacial score (nSPS) is 18.2. The van der Waals surface area contributed by atoms with E-state index >= 15 is 0 Å². The molecule has 2 N–H and O–H groups in total. The number of ether oxygens (including phenoxy) is 2. The molecule has 0 bridgehead atoms. The highest BCUT2D eigenvalue weighted by Crippen LogP contribution is 2.40. The number of carbonyl (C=O) groups is 3. The third-order valence-electron chi connectivity index (χ3n) is 12.0. The number of unbranched alkanes of at least 4 members (excludes halogenated alkanes) is 1. The van der Waals surface area contributed by atoms with Gasteiger partial charge in [-0.2, -0.15) is 0 Å². The maximum atomic E-state index is 14.5. The number of carbonyl (C=O) groups excluding carboxylic acids is 3. The van der Waals surface area contributed by atoms with E-state index in [2.05, 4.69) is 82.9 Å². The van der Waals surface area contributed by atoms with Crippen LogP contribution in [0.4, 0.5) is 4.39 Å². The third kappa shape index (κ3) is 14.0. The lowest BCUT2D eigenvalue weighted by molar-refractivity contribution is -0.130. The molecule has 3 amide bonds. The van der Waals surface area contributed by atoms with Crippen LogP contribution in [0.25, 0.3) is 16.5 Å². The number of fused-ring (bicyclic) bond motifs is 3. The molecule has 10 nitrogen and oxygen atoms in total. The van der Waals surface area contributed by atoms with Gasteiger partial charge in [-0.15, -0.1) is 0 Å². The first-order valence-electron chi connectivity index (χ1n) is 23.3. The van der Waals surface area contributed by atoms with Crippen molar-refractivity contribution in [1.82, 2.24) is 25.0 Å². The number of hydrogen-bond acceptors (Lipinski definition) is 6. The summed E-state index contributed by atoms with van der Waals surface area (Å²) in [5, 5.41) is 3.97. The van der Waals surface area contributed by atoms with Gasteiger partial charge in [-0.3, -0.25) is 19.3 Å². The Hall–Kier alpha value is -5.52. The lowest BCUT2D eigenvalue weighted by atomic mass is 9.81. The summed E-state index contributed by atoms with van der Waals surface area (Å²) < 4.78 is 25.9. The van der Waals surface area contributed by atoms with Crippen LogP contribution < -0.4 is 10.1 Å². The van der Waals surface area contributed by atoms with Gasteiger partial charge in [-0.1, -0.05) is 81.5 Å². The Kier molecular flexibility index (Phi) is 18.4. The number of hydrogen-bond donors (Lipinski definition) is 2. The number of aromatic nitrogens is 1. The number of rotatable bonds is 21. The van der Waals surface area contributed by atoms with Crippen molar-refractivity contribution in [3.63, 3.8) is 0 Å². The van der Waals surface area contributed by atoms with Crippen molar-refractivity contribution in [3.05, 3.63) is 132 Å². The van der Waals surface area contributed by atoms with E-state index in [1.165, 1.54) is 12.1 Å². The first-order valence-corrected chi connectivity index (χ1v) is 23.3. The van der Waals surface area contributed by atoms with Gasteiger partial charge in [0.15, 0.2) is 0 Å². The van der Waals surface area contributed by atoms with Crippen molar-refractivity contribution in [2.75, 3.05) is 59.1 Å². The van der Waals surface area contributed by atoms with Gasteiger partial charge < -0.3 is 29.6 Å². The molecule has 0 saturated carbocycles. The first-order chi connectivity index (χ1) is 31.1. The number of likely N-dealkylation sites (tertiary alicyclic amines) is 1. The van der Waals surface area contributed by atoms with Gasteiger partial charge in [0.05, 0.1) is 31.1 Å². The zero-order valence-corrected chi connectivity index (χ0v) is 38.2. The van der Waals surface area contributed by atoms with Crippen LogP contribution in [0.3, 0.4) is 0 Å². The van der Waals surface area contributed by atoms with E-state index in [0.717, 1.165) is 95.2 Å². The third-order valence-corrected chi connectivity index (χ3v) is 12.0. The average molecular weight is 874 g/mol. The molecule has 2 saturated heterocycles. The van der Waals surface area contributed by atoms with Gasteiger partial charge in [0.1, 0.15) is 11.6 Å². The number of allylic oxidation sites excluding steroid dienone is 10. The van der Waals surface area contributed by atoms with Crippen molar-refractivity contribution in [1.29, 1.82) is 0 Å². The summed E-state index contributed by atoms with van der Waals surface area (Å²) >= 11 is 0. The molecule has 2 fully saturated rings. The number of nitrogens with one attached hydrogen (secondary N) is 2. The lowest BCUT2D eigenvalue weighted by Gasteiger charge is -2.29. The molecule has 0 spiro atoms. The maximum absolute atomic E-state index is 14.5. The van der Waals surface area contributed by atoms with Crippen molar-refractivity contribution < 1.29 is 28.2 Å². The van der Waals surface area contributed by atoms with Crippen molar-refractivity contribution in [3.8, 4) is 5.75 Å². The van der Waals surface area contributed by atoms with Crippen LogP contribution in [0, 0.1) is 5.82 Å². The molecule has 2 aromatic carbocycles. The second-order valence-corrected chi connectivity index (χ2v) is 17.5. The summed E-state index contributed by atoms with van der Waals surface area (Å²) in [6, 6.07) is 11.5. The van der Waals surface area contributed by atoms with E-state index < -0.39 is 5.41 Å². The Bertz CT molecular complexity index is 2190. The molecule has 3 aliphatic rings. The fourth-order valence-electron chi connectivity index (χ4n) is 8.58. The average Bonchev–Trinajstić information content (AvgIpc) is 3.90. The molecular formula is C53H68FN5O5. The summed E-state index contributed by atoms with van der Waals surface area (Å²) in [5.41, 5.74) is 2.12. The minimum absolute atomic E-state index is 0.0839. The second-order valence-electron chi connectivity index (χ2n) is 17.5. The zero-order valence-electron chi connectivity index (χ0n) is 38.2. The van der Waals surface area contributed by atoms with Crippen molar-refractivity contribution in [2.45, 2.75) is 96.4 Å². The van der Waals surface area contributed by atoms with E-state index in [9.17, 15) is 18.8 Å². The van der Waals surface area contributed by atoms with E-state index in [1.807, 2.05) is 30.9 Å². The molecule has 3 aliphatic heterocycles. The van der Waals surface area contributed by atoms with Crippen LogP contribution in [0.1, 0.15) is 107 Å². The molecule has 0 aliphatic carbocycles. The number of halogens is 1. The summed E-state index contributed by atoms with van der Waals surface area (Å²) in [6.07, 6.45) is 31.8. The molecule has 342 valence electrons. The van der Waals surface area contributed by atoms with Gasteiger partial charge in [-0.05, 0) is 106 Å². The molecule has 0 unspecified atom stereocenters. The molecule has 0 radical (unpaired) electrons. The van der Waals surface area contributed by atoms with E-state index in [1.54, 1.807) is 29.3 Å².